The fourth-order valence-electron chi connectivity index (χ4n) is 2.66. The number of hydrogen-bond donors (Lipinski definition) is 0. The van der Waals surface area contributed by atoms with E-state index >= 15 is 0 Å². The molecule has 5 heteroatoms. The van der Waals surface area contributed by atoms with Crippen LogP contribution in [0.5, 0.6) is 0 Å². The van der Waals surface area contributed by atoms with Crippen LogP contribution in [0.2, 0.25) is 18.1 Å². The first-order valence-electron chi connectivity index (χ1n) is 7.50. The Hall–Kier alpha value is 0.0569. The molecule has 0 spiro atoms. The van der Waals surface area contributed by atoms with Gasteiger partial charge in [0.25, 0.3) is 0 Å². The smallest absolute Gasteiger partial charge is 0.192 e. The summed E-state index contributed by atoms with van der Waals surface area (Å²) in [5, 5.41) is 0.210. The normalized spacial score (nSPS) is 37.2. The second-order valence-corrected chi connectivity index (χ2v) is 13.1. The number of fused-ring (bicyclic) bond motifs is 1. The van der Waals surface area contributed by atoms with Crippen molar-refractivity contribution in [2.75, 3.05) is 13.2 Å². The van der Waals surface area contributed by atoms with E-state index in [1.54, 1.807) is 0 Å². The van der Waals surface area contributed by atoms with E-state index in [4.69, 9.17) is 18.6 Å². The minimum absolute atomic E-state index is 0.0316. The van der Waals surface area contributed by atoms with E-state index in [9.17, 15) is 0 Å². The monoisotopic (exact) mass is 302 g/mol. The zero-order chi connectivity index (χ0) is 15.4. The molecule has 2 aliphatic rings. The molecule has 0 amide bonds. The summed E-state index contributed by atoms with van der Waals surface area (Å²) in [6, 6.07) is 0. The summed E-state index contributed by atoms with van der Waals surface area (Å²) >= 11 is 0. The average Bonchev–Trinajstić information content (AvgIpc) is 2.62. The summed E-state index contributed by atoms with van der Waals surface area (Å²) in [5.41, 5.74) is -0.342. The Labute approximate surface area is 124 Å². The number of ether oxygens (including phenoxy) is 3. The average molecular weight is 302 g/mol. The van der Waals surface area contributed by atoms with Crippen molar-refractivity contribution in [3.63, 3.8) is 0 Å². The van der Waals surface area contributed by atoms with Gasteiger partial charge in [-0.2, -0.15) is 0 Å². The largest absolute Gasteiger partial charge is 0.414 e. The third-order valence-corrected chi connectivity index (χ3v) is 9.33. The Morgan fingerprint density at radius 1 is 1.20 bits per heavy atom. The van der Waals surface area contributed by atoms with Gasteiger partial charge in [-0.1, -0.05) is 20.8 Å². The van der Waals surface area contributed by atoms with Crippen molar-refractivity contribution in [1.29, 1.82) is 0 Å². The van der Waals surface area contributed by atoms with Gasteiger partial charge in [0, 0.05) is 0 Å². The Morgan fingerprint density at radius 2 is 1.80 bits per heavy atom. The van der Waals surface area contributed by atoms with Crippen molar-refractivity contribution in [3.8, 4) is 0 Å². The second kappa shape index (κ2) is 4.78. The molecule has 2 saturated heterocycles. The SMILES string of the molecule is CC1(C)O[C@@H]2[C@@H](CO[Si](C)(C)C(C)(C)C)OC[C@]2(C)O1. The van der Waals surface area contributed by atoms with Crippen LogP contribution in [0.3, 0.4) is 0 Å². The summed E-state index contributed by atoms with van der Waals surface area (Å²) < 4.78 is 24.2. The van der Waals surface area contributed by atoms with Crippen molar-refractivity contribution in [3.05, 3.63) is 0 Å². The molecule has 118 valence electrons. The molecule has 0 N–H and O–H groups in total. The molecule has 0 aromatic carbocycles. The van der Waals surface area contributed by atoms with Gasteiger partial charge >= 0.3 is 0 Å². The molecule has 2 heterocycles. The maximum Gasteiger partial charge on any atom is 0.192 e. The first-order valence-corrected chi connectivity index (χ1v) is 10.4. The minimum Gasteiger partial charge on any atom is -0.414 e. The zero-order valence-corrected chi connectivity index (χ0v) is 15.2. The van der Waals surface area contributed by atoms with E-state index in [0.717, 1.165) is 0 Å². The second-order valence-electron chi connectivity index (χ2n) is 8.27. The van der Waals surface area contributed by atoms with Crippen LogP contribution in [0, 0.1) is 0 Å². The highest BCUT2D eigenvalue weighted by Gasteiger charge is 2.58. The lowest BCUT2D eigenvalue weighted by atomic mass is 10.00. The van der Waals surface area contributed by atoms with Gasteiger partial charge < -0.3 is 18.6 Å². The molecule has 0 saturated carbocycles. The summed E-state index contributed by atoms with van der Waals surface area (Å²) in [6.45, 7) is 18.4. The Balaban J connectivity index is 1.99. The highest BCUT2D eigenvalue weighted by Crippen LogP contribution is 2.44. The summed E-state index contributed by atoms with van der Waals surface area (Å²) in [7, 11) is -1.75. The van der Waals surface area contributed by atoms with E-state index in [1.807, 2.05) is 13.8 Å². The molecule has 2 rings (SSSR count). The van der Waals surface area contributed by atoms with Crippen molar-refractivity contribution < 1.29 is 18.6 Å². The van der Waals surface area contributed by atoms with Crippen LogP contribution >= 0.6 is 0 Å². The van der Waals surface area contributed by atoms with Crippen LogP contribution in [-0.4, -0.2) is 45.1 Å². The summed E-state index contributed by atoms with van der Waals surface area (Å²) in [5.74, 6) is -0.529. The quantitative estimate of drug-likeness (QED) is 0.750. The summed E-state index contributed by atoms with van der Waals surface area (Å²) in [4.78, 5) is 0. The van der Waals surface area contributed by atoms with Crippen LogP contribution in [-0.2, 0) is 18.6 Å². The highest BCUT2D eigenvalue weighted by molar-refractivity contribution is 6.74. The molecule has 2 aliphatic heterocycles. The number of rotatable bonds is 3. The van der Waals surface area contributed by atoms with Crippen molar-refractivity contribution in [2.24, 2.45) is 0 Å². The highest BCUT2D eigenvalue weighted by atomic mass is 28.4. The first-order chi connectivity index (χ1) is 8.86. The van der Waals surface area contributed by atoms with Crippen molar-refractivity contribution in [2.45, 2.75) is 83.3 Å². The minimum atomic E-state index is -1.75. The van der Waals surface area contributed by atoms with Crippen LogP contribution in [0.15, 0.2) is 0 Å². The lowest BCUT2D eigenvalue weighted by Gasteiger charge is -2.37. The maximum atomic E-state index is 6.28. The van der Waals surface area contributed by atoms with Crippen LogP contribution in [0.1, 0.15) is 41.5 Å². The molecular formula is C15H30O4Si. The van der Waals surface area contributed by atoms with E-state index < -0.39 is 14.1 Å². The van der Waals surface area contributed by atoms with E-state index in [-0.39, 0.29) is 22.8 Å². The van der Waals surface area contributed by atoms with Crippen LogP contribution in [0.25, 0.3) is 0 Å². The molecule has 0 bridgehead atoms. The third-order valence-electron chi connectivity index (χ3n) is 4.83. The van der Waals surface area contributed by atoms with Gasteiger partial charge in [0.05, 0.1) is 13.2 Å². The predicted molar refractivity (Wildman–Crippen MR) is 81.3 cm³/mol. The first kappa shape index (κ1) is 16.4. The topological polar surface area (TPSA) is 36.9 Å². The molecular weight excluding hydrogens is 272 g/mol. The molecule has 0 aliphatic carbocycles. The lowest BCUT2D eigenvalue weighted by molar-refractivity contribution is -0.189. The van der Waals surface area contributed by atoms with Gasteiger partial charge in [-0.25, -0.2) is 0 Å². The van der Waals surface area contributed by atoms with Crippen LogP contribution in [0.4, 0.5) is 0 Å². The van der Waals surface area contributed by atoms with Gasteiger partial charge in [0.15, 0.2) is 14.1 Å². The van der Waals surface area contributed by atoms with Crippen molar-refractivity contribution in [1.82, 2.24) is 0 Å². The molecule has 2 fully saturated rings. The Kier molecular flexibility index (Phi) is 3.93. The molecule has 4 nitrogen and oxygen atoms in total. The molecule has 3 atom stereocenters. The summed E-state index contributed by atoms with van der Waals surface area (Å²) in [6.07, 6.45) is -0.0711. The molecule has 0 radical (unpaired) electrons. The fourth-order valence-corrected chi connectivity index (χ4v) is 3.67. The molecule has 20 heavy (non-hydrogen) atoms. The van der Waals surface area contributed by atoms with Gasteiger partial charge in [-0.3, -0.25) is 0 Å². The van der Waals surface area contributed by atoms with E-state index in [0.29, 0.717) is 13.2 Å². The lowest BCUT2D eigenvalue weighted by Crippen LogP contribution is -2.45. The van der Waals surface area contributed by atoms with E-state index in [2.05, 4.69) is 40.8 Å². The number of hydrogen-bond acceptors (Lipinski definition) is 4. The van der Waals surface area contributed by atoms with E-state index in [1.165, 1.54) is 0 Å². The van der Waals surface area contributed by atoms with Gasteiger partial charge in [-0.05, 0) is 38.9 Å². The fraction of sp³-hybridized carbons (Fsp3) is 1.00. The van der Waals surface area contributed by atoms with Gasteiger partial charge in [0.2, 0.25) is 0 Å². The third kappa shape index (κ3) is 2.97. The van der Waals surface area contributed by atoms with Gasteiger partial charge in [-0.15, -0.1) is 0 Å². The maximum absolute atomic E-state index is 6.28. The van der Waals surface area contributed by atoms with Crippen molar-refractivity contribution >= 4 is 8.32 Å². The van der Waals surface area contributed by atoms with Gasteiger partial charge in [0.1, 0.15) is 17.8 Å². The standard InChI is InChI=1S/C15H30O4Si/c1-13(2,3)20(7,8)17-9-11-12-15(6,10-16-11)19-14(4,5)18-12/h11-12H,9-10H2,1-8H3/t11-,12-,15+/m1/s1. The molecule has 0 unspecified atom stereocenters. The molecule has 0 aromatic heterocycles. The van der Waals surface area contributed by atoms with Crippen LogP contribution < -0.4 is 0 Å². The predicted octanol–water partition coefficient (Wildman–Crippen LogP) is 3.32. The Morgan fingerprint density at radius 3 is 2.35 bits per heavy atom. The molecule has 0 aromatic rings. The zero-order valence-electron chi connectivity index (χ0n) is 14.2. The Bertz CT molecular complexity index is 375.